The molecular formula is C31H32N2O2S. The van der Waals surface area contributed by atoms with Crippen molar-refractivity contribution in [3.05, 3.63) is 102 Å². The van der Waals surface area contributed by atoms with Gasteiger partial charge in [0.25, 0.3) is 0 Å². The molecule has 4 aromatic carbocycles. The molecule has 4 nitrogen and oxygen atoms in total. The van der Waals surface area contributed by atoms with Crippen LogP contribution in [0.15, 0.2) is 95.9 Å². The predicted octanol–water partition coefficient (Wildman–Crippen LogP) is 7.60. The number of hydrogen-bond donors (Lipinski definition) is 2. The molecule has 2 N–H and O–H groups in total. The van der Waals surface area contributed by atoms with Crippen LogP contribution in [0.25, 0.3) is 10.8 Å². The summed E-state index contributed by atoms with van der Waals surface area (Å²) in [5, 5.41) is 8.50. The number of thioether (sulfide) groups is 1. The SMILES string of the molecule is CCCCc1ccc(NC(=O)CSc2ccc(NCCC(=O)c3ccc4ccccc4c3)cc2)cc1. The van der Waals surface area contributed by atoms with Gasteiger partial charge in [-0.3, -0.25) is 9.59 Å². The minimum Gasteiger partial charge on any atom is -0.385 e. The topological polar surface area (TPSA) is 58.2 Å². The van der Waals surface area contributed by atoms with Gasteiger partial charge in [-0.05, 0) is 71.6 Å². The van der Waals surface area contributed by atoms with E-state index in [0.717, 1.165) is 39.0 Å². The van der Waals surface area contributed by atoms with Crippen molar-refractivity contribution in [2.75, 3.05) is 22.9 Å². The van der Waals surface area contributed by atoms with E-state index < -0.39 is 0 Å². The fourth-order valence-corrected chi connectivity index (χ4v) is 4.68. The van der Waals surface area contributed by atoms with Gasteiger partial charge in [0, 0.05) is 34.8 Å². The van der Waals surface area contributed by atoms with Crippen molar-refractivity contribution in [2.24, 2.45) is 0 Å². The van der Waals surface area contributed by atoms with Crippen LogP contribution in [0.4, 0.5) is 11.4 Å². The Morgan fingerprint density at radius 2 is 1.53 bits per heavy atom. The molecule has 4 aromatic rings. The second-order valence-electron chi connectivity index (χ2n) is 8.82. The number of anilines is 2. The average molecular weight is 497 g/mol. The molecule has 0 bridgehead atoms. The number of aryl methyl sites for hydroxylation is 1. The summed E-state index contributed by atoms with van der Waals surface area (Å²) in [6, 6.07) is 30.0. The number of hydrogen-bond acceptors (Lipinski definition) is 4. The standard InChI is InChI=1S/C31H32N2O2S/c1-2-3-6-23-9-13-28(14-10-23)33-31(35)22-36-29-17-15-27(16-18-29)32-20-19-30(34)26-12-11-24-7-4-5-8-25(24)21-26/h4-5,7-18,21,32H,2-3,6,19-20,22H2,1H3,(H,33,35). The summed E-state index contributed by atoms with van der Waals surface area (Å²) in [6.45, 7) is 2.75. The highest BCUT2D eigenvalue weighted by Gasteiger charge is 2.07. The number of Topliss-reactive ketones (excluding diaryl/α,β-unsaturated/α-hetero) is 1. The molecular weight excluding hydrogens is 464 g/mol. The molecule has 0 aliphatic heterocycles. The number of carbonyl (C=O) groups excluding carboxylic acids is 2. The maximum atomic E-state index is 12.6. The maximum absolute atomic E-state index is 12.6. The predicted molar refractivity (Wildman–Crippen MR) is 152 cm³/mol. The normalized spacial score (nSPS) is 10.8. The average Bonchev–Trinajstić information content (AvgIpc) is 2.92. The molecule has 0 atom stereocenters. The Balaban J connectivity index is 1.18. The van der Waals surface area contributed by atoms with E-state index in [1.807, 2.05) is 78.9 Å². The van der Waals surface area contributed by atoms with Gasteiger partial charge in [0.1, 0.15) is 0 Å². The first-order valence-corrected chi connectivity index (χ1v) is 13.5. The molecule has 0 aliphatic rings. The Bertz CT molecular complexity index is 1300. The summed E-state index contributed by atoms with van der Waals surface area (Å²) in [6.07, 6.45) is 3.86. The molecule has 0 heterocycles. The minimum absolute atomic E-state index is 0.0179. The number of amides is 1. The number of unbranched alkanes of at least 4 members (excludes halogenated alkanes) is 1. The number of nitrogens with one attached hydrogen (secondary N) is 2. The zero-order valence-corrected chi connectivity index (χ0v) is 21.4. The number of carbonyl (C=O) groups is 2. The van der Waals surface area contributed by atoms with Crippen LogP contribution in [0.2, 0.25) is 0 Å². The molecule has 5 heteroatoms. The summed E-state index contributed by atoms with van der Waals surface area (Å²) >= 11 is 1.50. The summed E-state index contributed by atoms with van der Waals surface area (Å²) in [5.74, 6) is 0.461. The van der Waals surface area contributed by atoms with Crippen LogP contribution in [-0.2, 0) is 11.2 Å². The van der Waals surface area contributed by atoms with Crippen LogP contribution < -0.4 is 10.6 Å². The van der Waals surface area contributed by atoms with Crippen molar-refractivity contribution in [1.29, 1.82) is 0 Å². The molecule has 1 amide bonds. The molecule has 0 saturated heterocycles. The smallest absolute Gasteiger partial charge is 0.234 e. The number of fused-ring (bicyclic) bond motifs is 1. The fourth-order valence-electron chi connectivity index (χ4n) is 3.98. The van der Waals surface area contributed by atoms with Gasteiger partial charge in [-0.2, -0.15) is 0 Å². The van der Waals surface area contributed by atoms with E-state index in [1.165, 1.54) is 30.2 Å². The Hall–Kier alpha value is -3.57. The third-order valence-corrected chi connectivity index (χ3v) is 7.05. The first-order valence-electron chi connectivity index (χ1n) is 12.5. The third kappa shape index (κ3) is 7.46. The Labute approximate surface area is 217 Å². The molecule has 0 unspecified atom stereocenters. The van der Waals surface area contributed by atoms with E-state index in [2.05, 4.69) is 29.7 Å². The Morgan fingerprint density at radius 3 is 2.28 bits per heavy atom. The minimum atomic E-state index is -0.0179. The third-order valence-electron chi connectivity index (χ3n) is 6.03. The summed E-state index contributed by atoms with van der Waals surface area (Å²) in [4.78, 5) is 25.9. The van der Waals surface area contributed by atoms with Gasteiger partial charge in [-0.25, -0.2) is 0 Å². The fraction of sp³-hybridized carbons (Fsp3) is 0.226. The molecule has 184 valence electrons. The summed E-state index contributed by atoms with van der Waals surface area (Å²) in [7, 11) is 0. The van der Waals surface area contributed by atoms with Gasteiger partial charge in [-0.15, -0.1) is 11.8 Å². The van der Waals surface area contributed by atoms with Gasteiger partial charge in [0.2, 0.25) is 5.91 Å². The van der Waals surface area contributed by atoms with Gasteiger partial charge in [-0.1, -0.05) is 61.9 Å². The van der Waals surface area contributed by atoms with Gasteiger partial charge in [0.15, 0.2) is 5.78 Å². The van der Waals surface area contributed by atoms with Crippen molar-refractivity contribution in [3.63, 3.8) is 0 Å². The van der Waals surface area contributed by atoms with Gasteiger partial charge < -0.3 is 10.6 Å². The highest BCUT2D eigenvalue weighted by molar-refractivity contribution is 8.00. The van der Waals surface area contributed by atoms with E-state index >= 15 is 0 Å². The van der Waals surface area contributed by atoms with Crippen LogP contribution in [0.5, 0.6) is 0 Å². The van der Waals surface area contributed by atoms with E-state index in [4.69, 9.17) is 0 Å². The van der Waals surface area contributed by atoms with Crippen molar-refractivity contribution in [3.8, 4) is 0 Å². The molecule has 0 saturated carbocycles. The highest BCUT2D eigenvalue weighted by atomic mass is 32.2. The number of rotatable bonds is 12. The lowest BCUT2D eigenvalue weighted by Gasteiger charge is -2.09. The van der Waals surface area contributed by atoms with E-state index in [0.29, 0.717) is 18.7 Å². The van der Waals surface area contributed by atoms with Gasteiger partial charge in [0.05, 0.1) is 5.75 Å². The van der Waals surface area contributed by atoms with Crippen LogP contribution >= 0.6 is 11.8 Å². The monoisotopic (exact) mass is 496 g/mol. The zero-order valence-electron chi connectivity index (χ0n) is 20.6. The highest BCUT2D eigenvalue weighted by Crippen LogP contribution is 2.21. The number of ketones is 1. The van der Waals surface area contributed by atoms with Crippen LogP contribution in [0, 0.1) is 0 Å². The van der Waals surface area contributed by atoms with Gasteiger partial charge >= 0.3 is 0 Å². The Morgan fingerprint density at radius 1 is 0.806 bits per heavy atom. The summed E-state index contributed by atoms with van der Waals surface area (Å²) < 4.78 is 0. The van der Waals surface area contributed by atoms with Crippen molar-refractivity contribution < 1.29 is 9.59 Å². The van der Waals surface area contributed by atoms with Crippen LogP contribution in [0.1, 0.15) is 42.1 Å². The summed E-state index contributed by atoms with van der Waals surface area (Å²) in [5.41, 5.74) is 3.83. The molecule has 0 radical (unpaired) electrons. The second kappa shape index (κ2) is 12.9. The molecule has 4 rings (SSSR count). The number of benzene rings is 4. The van der Waals surface area contributed by atoms with E-state index in [9.17, 15) is 9.59 Å². The lowest BCUT2D eigenvalue weighted by molar-refractivity contribution is -0.113. The molecule has 0 spiro atoms. The Kier molecular flexibility index (Phi) is 9.17. The van der Waals surface area contributed by atoms with Crippen LogP contribution in [0.3, 0.4) is 0 Å². The van der Waals surface area contributed by atoms with Crippen molar-refractivity contribution in [1.82, 2.24) is 0 Å². The molecule has 36 heavy (non-hydrogen) atoms. The largest absolute Gasteiger partial charge is 0.385 e. The van der Waals surface area contributed by atoms with Crippen LogP contribution in [-0.4, -0.2) is 24.0 Å². The van der Waals surface area contributed by atoms with Crippen molar-refractivity contribution in [2.45, 2.75) is 37.5 Å². The lowest BCUT2D eigenvalue weighted by atomic mass is 10.0. The van der Waals surface area contributed by atoms with Crippen molar-refractivity contribution >= 4 is 45.6 Å². The van der Waals surface area contributed by atoms with E-state index in [-0.39, 0.29) is 11.7 Å². The lowest BCUT2D eigenvalue weighted by Crippen LogP contribution is -2.13. The zero-order chi connectivity index (χ0) is 25.2. The quantitative estimate of drug-likeness (QED) is 0.157. The maximum Gasteiger partial charge on any atom is 0.234 e. The second-order valence-corrected chi connectivity index (χ2v) is 9.87. The molecule has 0 aromatic heterocycles. The molecule has 0 aliphatic carbocycles. The molecule has 0 fully saturated rings. The van der Waals surface area contributed by atoms with E-state index in [1.54, 1.807) is 0 Å². The first-order chi connectivity index (χ1) is 17.6. The first kappa shape index (κ1) is 25.5.